The molecule has 2 saturated heterocycles. The van der Waals surface area contributed by atoms with Gasteiger partial charge < -0.3 is 19.4 Å². The Morgan fingerprint density at radius 1 is 1.59 bits per heavy atom. The van der Waals surface area contributed by atoms with Gasteiger partial charge in [-0.1, -0.05) is 0 Å². The van der Waals surface area contributed by atoms with E-state index in [2.05, 4.69) is 4.74 Å². The minimum absolute atomic E-state index is 0. The van der Waals surface area contributed by atoms with Crippen molar-refractivity contribution in [2.45, 2.75) is 18.7 Å². The Morgan fingerprint density at radius 2 is 2.24 bits per heavy atom. The van der Waals surface area contributed by atoms with Crippen LogP contribution in [0, 0.1) is 0 Å². The summed E-state index contributed by atoms with van der Waals surface area (Å²) in [5.74, 6) is -2.68. The van der Waals surface area contributed by atoms with Crippen LogP contribution in [0.25, 0.3) is 0 Å². The number of fused-ring (bicyclic) bond motifs is 1. The second-order valence-corrected chi connectivity index (χ2v) is 3.37. The van der Waals surface area contributed by atoms with Gasteiger partial charge in [0.15, 0.2) is 6.23 Å². The van der Waals surface area contributed by atoms with Crippen LogP contribution in [0.3, 0.4) is 0 Å². The van der Waals surface area contributed by atoms with Crippen molar-refractivity contribution < 1.29 is 58.5 Å². The van der Waals surface area contributed by atoms with Gasteiger partial charge in [-0.25, -0.2) is 4.79 Å². The van der Waals surface area contributed by atoms with Gasteiger partial charge in [0, 0.05) is 0 Å². The van der Waals surface area contributed by atoms with Gasteiger partial charge in [0.2, 0.25) is 5.91 Å². The molecular formula is C9H8NNaO6. The molecule has 0 aromatic rings. The van der Waals surface area contributed by atoms with E-state index in [0.717, 1.165) is 18.1 Å². The van der Waals surface area contributed by atoms with Crippen LogP contribution >= 0.6 is 0 Å². The number of carbonyl (C=O) groups excluding carboxylic acids is 3. The van der Waals surface area contributed by atoms with E-state index in [9.17, 15) is 19.5 Å². The predicted molar refractivity (Wildman–Crippen MR) is 45.2 cm³/mol. The van der Waals surface area contributed by atoms with Gasteiger partial charge in [0.1, 0.15) is 11.8 Å². The number of ether oxygens (including phenoxy) is 2. The van der Waals surface area contributed by atoms with Gasteiger partial charge in [-0.15, -0.1) is 0 Å². The number of rotatable bonds is 2. The first-order valence-electron chi connectivity index (χ1n) is 4.53. The minimum Gasteiger partial charge on any atom is -0.547 e. The first-order chi connectivity index (χ1) is 7.54. The summed E-state index contributed by atoms with van der Waals surface area (Å²) in [5, 5.41) is 10.8. The van der Waals surface area contributed by atoms with Crippen LogP contribution in [-0.4, -0.2) is 42.1 Å². The number of carboxylic acid groups (broad SMARTS) is 1. The molecule has 8 heteroatoms. The molecular weight excluding hydrogens is 241 g/mol. The van der Waals surface area contributed by atoms with Crippen LogP contribution in [0.1, 0.15) is 6.42 Å². The second-order valence-electron chi connectivity index (χ2n) is 3.37. The number of β-lactam (4-membered cyclic amide) rings is 1. The van der Waals surface area contributed by atoms with Crippen LogP contribution in [0.5, 0.6) is 0 Å². The molecule has 2 aliphatic rings. The summed E-state index contributed by atoms with van der Waals surface area (Å²) >= 11 is 0. The normalized spacial score (nSPS) is 27.7. The van der Waals surface area contributed by atoms with Crippen LogP contribution in [-0.2, 0) is 23.9 Å². The Balaban J connectivity index is 0.00000144. The van der Waals surface area contributed by atoms with E-state index in [-0.39, 0.29) is 47.6 Å². The molecule has 2 fully saturated rings. The summed E-state index contributed by atoms with van der Waals surface area (Å²) in [6.45, 7) is 0. The standard InChI is InChI=1S/C9H9NO6.Na/c1-15-7(12)2-4-8(9(13)14)10-5(11)3-6(10)16-4;/h2,6,8H,3H2,1H3,(H,13,14);/q;+1/p-1/b4-2+;. The Morgan fingerprint density at radius 3 is 2.71 bits per heavy atom. The maximum Gasteiger partial charge on any atom is 1.00 e. The van der Waals surface area contributed by atoms with Crippen molar-refractivity contribution in [3.8, 4) is 0 Å². The molecule has 86 valence electrons. The molecule has 2 aliphatic heterocycles. The van der Waals surface area contributed by atoms with E-state index in [1.165, 1.54) is 0 Å². The number of carboxylic acids is 1. The maximum atomic E-state index is 11.1. The number of nitrogens with zero attached hydrogens (tertiary/aromatic N) is 1. The molecule has 0 saturated carbocycles. The summed E-state index contributed by atoms with van der Waals surface area (Å²) in [6, 6.07) is -1.33. The molecule has 0 aliphatic carbocycles. The van der Waals surface area contributed by atoms with Crippen molar-refractivity contribution in [1.29, 1.82) is 0 Å². The zero-order valence-corrected chi connectivity index (χ0v) is 11.3. The van der Waals surface area contributed by atoms with Gasteiger partial charge in [-0.2, -0.15) is 0 Å². The molecule has 2 heterocycles. The number of amides is 1. The van der Waals surface area contributed by atoms with E-state index in [4.69, 9.17) is 4.74 Å². The molecule has 2 rings (SSSR count). The summed E-state index contributed by atoms with van der Waals surface area (Å²) in [4.78, 5) is 34.0. The molecule has 0 bridgehead atoms. The number of aliphatic carboxylic acids is 1. The molecule has 7 nitrogen and oxygen atoms in total. The monoisotopic (exact) mass is 249 g/mol. The van der Waals surface area contributed by atoms with Crippen molar-refractivity contribution in [3.05, 3.63) is 11.8 Å². The van der Waals surface area contributed by atoms with Crippen molar-refractivity contribution >= 4 is 17.8 Å². The summed E-state index contributed by atoms with van der Waals surface area (Å²) in [5.41, 5.74) is 0. The molecule has 1 amide bonds. The van der Waals surface area contributed by atoms with E-state index in [1.54, 1.807) is 0 Å². The number of hydrogen-bond acceptors (Lipinski definition) is 6. The molecule has 0 aromatic heterocycles. The summed E-state index contributed by atoms with van der Waals surface area (Å²) in [7, 11) is 1.16. The average molecular weight is 249 g/mol. The van der Waals surface area contributed by atoms with Crippen molar-refractivity contribution in [2.75, 3.05) is 7.11 Å². The fraction of sp³-hybridized carbons (Fsp3) is 0.444. The molecule has 0 radical (unpaired) electrons. The molecule has 0 aromatic carbocycles. The summed E-state index contributed by atoms with van der Waals surface area (Å²) < 4.78 is 9.47. The van der Waals surface area contributed by atoms with E-state index in [0.29, 0.717) is 0 Å². The van der Waals surface area contributed by atoms with Crippen LogP contribution in [0.15, 0.2) is 11.8 Å². The van der Waals surface area contributed by atoms with Gasteiger partial charge in [0.05, 0.1) is 25.6 Å². The molecule has 2 unspecified atom stereocenters. The van der Waals surface area contributed by atoms with E-state index >= 15 is 0 Å². The third-order valence-corrected chi connectivity index (χ3v) is 2.45. The topological polar surface area (TPSA) is 96.0 Å². The Bertz CT molecular complexity index is 406. The van der Waals surface area contributed by atoms with E-state index < -0.39 is 24.2 Å². The SMILES string of the molecule is COC(=O)/C=C1/OC2CC(=O)N2C1C(=O)[O-].[Na+]. The summed E-state index contributed by atoms with van der Waals surface area (Å²) in [6.07, 6.45) is 0.417. The van der Waals surface area contributed by atoms with Crippen LogP contribution < -0.4 is 34.7 Å². The Kier molecular flexibility index (Phi) is 4.18. The van der Waals surface area contributed by atoms with Crippen molar-refractivity contribution in [2.24, 2.45) is 0 Å². The van der Waals surface area contributed by atoms with Gasteiger partial charge in [-0.05, 0) is 0 Å². The fourth-order valence-electron chi connectivity index (χ4n) is 1.69. The average Bonchev–Trinajstić information content (AvgIpc) is 2.51. The predicted octanol–water partition coefficient (Wildman–Crippen LogP) is -5.25. The van der Waals surface area contributed by atoms with Crippen LogP contribution in [0.4, 0.5) is 0 Å². The smallest absolute Gasteiger partial charge is 0.547 e. The third kappa shape index (κ3) is 2.31. The molecule has 17 heavy (non-hydrogen) atoms. The molecule has 0 spiro atoms. The zero-order valence-electron chi connectivity index (χ0n) is 9.34. The van der Waals surface area contributed by atoms with Crippen molar-refractivity contribution in [3.63, 3.8) is 0 Å². The van der Waals surface area contributed by atoms with E-state index in [1.807, 2.05) is 0 Å². The molecule has 2 atom stereocenters. The Hall–Kier alpha value is -1.05. The quantitative estimate of drug-likeness (QED) is 0.210. The molecule has 0 N–H and O–H groups in total. The van der Waals surface area contributed by atoms with Crippen LogP contribution in [0.2, 0.25) is 0 Å². The number of methoxy groups -OCH3 is 1. The first kappa shape index (κ1) is 14.0. The van der Waals surface area contributed by atoms with Gasteiger partial charge in [0.25, 0.3) is 0 Å². The minimum atomic E-state index is -1.48. The number of hydrogen-bond donors (Lipinski definition) is 0. The first-order valence-corrected chi connectivity index (χ1v) is 4.53. The second kappa shape index (κ2) is 5.07. The van der Waals surface area contributed by atoms with Gasteiger partial charge in [-0.3, -0.25) is 9.69 Å². The number of carbonyl (C=O) groups is 3. The van der Waals surface area contributed by atoms with Crippen molar-refractivity contribution in [1.82, 2.24) is 4.90 Å². The zero-order chi connectivity index (χ0) is 11.9. The maximum absolute atomic E-state index is 11.1. The fourth-order valence-corrected chi connectivity index (χ4v) is 1.69. The largest absolute Gasteiger partial charge is 1.00 e. The van der Waals surface area contributed by atoms with Gasteiger partial charge >= 0.3 is 35.5 Å². The number of esters is 1. The Labute approximate surface area is 119 Å². The third-order valence-electron chi connectivity index (χ3n) is 2.45.